The standard InChI is InChI=1S/C17H26N2/c1-3-11-18-14(2)15-7-4-5-8-16(15)19-12-17(13-19)9-6-10-17/h4-5,7-8,14,18H,3,6,9-13H2,1-2H3. The third-order valence-electron chi connectivity index (χ3n) is 4.91. The van der Waals surface area contributed by atoms with Crippen LogP contribution in [0.1, 0.15) is 51.1 Å². The highest BCUT2D eigenvalue weighted by Gasteiger charge is 2.47. The fourth-order valence-corrected chi connectivity index (χ4v) is 3.54. The number of anilines is 1. The summed E-state index contributed by atoms with van der Waals surface area (Å²) < 4.78 is 0. The van der Waals surface area contributed by atoms with Crippen molar-refractivity contribution < 1.29 is 0 Å². The molecule has 2 heteroatoms. The van der Waals surface area contributed by atoms with Crippen molar-refractivity contribution in [1.29, 1.82) is 0 Å². The van der Waals surface area contributed by atoms with Crippen LogP contribution in [0.2, 0.25) is 0 Å². The largest absolute Gasteiger partial charge is 0.370 e. The van der Waals surface area contributed by atoms with Gasteiger partial charge >= 0.3 is 0 Å². The van der Waals surface area contributed by atoms with Crippen molar-refractivity contribution in [2.24, 2.45) is 5.41 Å². The van der Waals surface area contributed by atoms with E-state index in [0.29, 0.717) is 11.5 Å². The number of para-hydroxylation sites is 1. The van der Waals surface area contributed by atoms with Gasteiger partial charge in [-0.2, -0.15) is 0 Å². The minimum absolute atomic E-state index is 0.453. The lowest BCUT2D eigenvalue weighted by Crippen LogP contribution is -2.60. The van der Waals surface area contributed by atoms with Crippen LogP contribution in [0.25, 0.3) is 0 Å². The molecule has 1 atom stereocenters. The van der Waals surface area contributed by atoms with E-state index >= 15 is 0 Å². The van der Waals surface area contributed by atoms with Crippen molar-refractivity contribution in [2.75, 3.05) is 24.5 Å². The Balaban J connectivity index is 1.71. The van der Waals surface area contributed by atoms with Crippen LogP contribution in [0, 0.1) is 5.41 Å². The maximum absolute atomic E-state index is 3.61. The van der Waals surface area contributed by atoms with Gasteiger partial charge in [0.1, 0.15) is 0 Å². The average molecular weight is 258 g/mol. The zero-order valence-electron chi connectivity index (χ0n) is 12.3. The van der Waals surface area contributed by atoms with Gasteiger partial charge < -0.3 is 10.2 Å². The minimum atomic E-state index is 0.453. The van der Waals surface area contributed by atoms with E-state index in [1.54, 1.807) is 0 Å². The first-order valence-electron chi connectivity index (χ1n) is 7.81. The predicted octanol–water partition coefficient (Wildman–Crippen LogP) is 3.74. The molecule has 1 aromatic rings. The third-order valence-corrected chi connectivity index (χ3v) is 4.91. The van der Waals surface area contributed by atoms with Gasteiger partial charge in [-0.1, -0.05) is 31.5 Å². The predicted molar refractivity (Wildman–Crippen MR) is 81.6 cm³/mol. The Morgan fingerprint density at radius 1 is 1.26 bits per heavy atom. The topological polar surface area (TPSA) is 15.3 Å². The van der Waals surface area contributed by atoms with E-state index in [4.69, 9.17) is 0 Å². The van der Waals surface area contributed by atoms with E-state index in [1.807, 2.05) is 0 Å². The Morgan fingerprint density at radius 2 is 2.00 bits per heavy atom. The molecule has 1 aromatic carbocycles. The van der Waals surface area contributed by atoms with E-state index < -0.39 is 0 Å². The van der Waals surface area contributed by atoms with Crippen LogP contribution in [-0.2, 0) is 0 Å². The SMILES string of the molecule is CCCNC(C)c1ccccc1N1CC2(CCC2)C1. The zero-order valence-corrected chi connectivity index (χ0v) is 12.3. The highest BCUT2D eigenvalue weighted by molar-refractivity contribution is 5.57. The fraction of sp³-hybridized carbons (Fsp3) is 0.647. The summed E-state index contributed by atoms with van der Waals surface area (Å²) in [5, 5.41) is 3.61. The Hall–Kier alpha value is -1.02. The first kappa shape index (κ1) is 13.0. The van der Waals surface area contributed by atoms with Crippen molar-refractivity contribution in [1.82, 2.24) is 5.32 Å². The molecule has 1 aliphatic heterocycles. The van der Waals surface area contributed by atoms with E-state index in [0.717, 1.165) is 6.54 Å². The zero-order chi connectivity index (χ0) is 13.3. The molecule has 1 saturated carbocycles. The van der Waals surface area contributed by atoms with Crippen molar-refractivity contribution in [3.63, 3.8) is 0 Å². The van der Waals surface area contributed by atoms with Crippen molar-refractivity contribution >= 4 is 5.69 Å². The van der Waals surface area contributed by atoms with Gasteiger partial charge in [0.05, 0.1) is 0 Å². The van der Waals surface area contributed by atoms with E-state index in [9.17, 15) is 0 Å². The first-order valence-corrected chi connectivity index (χ1v) is 7.81. The molecule has 1 saturated heterocycles. The maximum atomic E-state index is 3.61. The molecular weight excluding hydrogens is 232 g/mol. The normalized spacial score (nSPS) is 21.9. The summed E-state index contributed by atoms with van der Waals surface area (Å²) in [4.78, 5) is 2.58. The molecule has 2 fully saturated rings. The summed E-state index contributed by atoms with van der Waals surface area (Å²) in [5.74, 6) is 0. The molecule has 1 unspecified atom stereocenters. The van der Waals surface area contributed by atoms with Gasteiger partial charge in [-0.05, 0) is 44.4 Å². The van der Waals surface area contributed by atoms with Gasteiger partial charge in [-0.25, -0.2) is 0 Å². The second-order valence-corrected chi connectivity index (χ2v) is 6.44. The molecule has 1 N–H and O–H groups in total. The summed E-state index contributed by atoms with van der Waals surface area (Å²) >= 11 is 0. The van der Waals surface area contributed by atoms with Gasteiger partial charge in [0.2, 0.25) is 0 Å². The van der Waals surface area contributed by atoms with Gasteiger partial charge in [0.25, 0.3) is 0 Å². The monoisotopic (exact) mass is 258 g/mol. The van der Waals surface area contributed by atoms with E-state index in [-0.39, 0.29) is 0 Å². The van der Waals surface area contributed by atoms with Crippen molar-refractivity contribution in [3.8, 4) is 0 Å². The lowest BCUT2D eigenvalue weighted by Gasteiger charge is -2.57. The lowest BCUT2D eigenvalue weighted by atomic mass is 9.63. The molecule has 104 valence electrons. The molecule has 0 amide bonds. The molecular formula is C17H26N2. The van der Waals surface area contributed by atoms with Crippen LogP contribution in [-0.4, -0.2) is 19.6 Å². The second-order valence-electron chi connectivity index (χ2n) is 6.44. The summed E-state index contributed by atoms with van der Waals surface area (Å²) in [7, 11) is 0. The van der Waals surface area contributed by atoms with E-state index in [2.05, 4.69) is 48.3 Å². The highest BCUT2D eigenvalue weighted by Crippen LogP contribution is 2.50. The molecule has 3 rings (SSSR count). The Labute approximate surface area is 117 Å². The number of benzene rings is 1. The minimum Gasteiger partial charge on any atom is -0.370 e. The van der Waals surface area contributed by atoms with Crippen molar-refractivity contribution in [3.05, 3.63) is 29.8 Å². The number of hydrogen-bond donors (Lipinski definition) is 1. The number of nitrogens with one attached hydrogen (secondary N) is 1. The lowest BCUT2D eigenvalue weighted by molar-refractivity contribution is 0.0902. The third kappa shape index (κ3) is 2.38. The summed E-state index contributed by atoms with van der Waals surface area (Å²) in [5.41, 5.74) is 3.62. The maximum Gasteiger partial charge on any atom is 0.0415 e. The molecule has 0 bridgehead atoms. The Kier molecular flexibility index (Phi) is 3.53. The first-order chi connectivity index (χ1) is 9.24. The van der Waals surface area contributed by atoms with Crippen LogP contribution in [0.3, 0.4) is 0 Å². The van der Waals surface area contributed by atoms with E-state index in [1.165, 1.54) is 50.0 Å². The molecule has 19 heavy (non-hydrogen) atoms. The molecule has 0 radical (unpaired) electrons. The molecule has 1 aliphatic carbocycles. The summed E-state index contributed by atoms with van der Waals surface area (Å²) in [6.45, 7) is 8.17. The van der Waals surface area contributed by atoms with Gasteiger partial charge in [0, 0.05) is 30.2 Å². The second kappa shape index (κ2) is 5.16. The number of hydrogen-bond acceptors (Lipinski definition) is 2. The fourth-order valence-electron chi connectivity index (χ4n) is 3.54. The van der Waals surface area contributed by atoms with Crippen LogP contribution >= 0.6 is 0 Å². The van der Waals surface area contributed by atoms with Gasteiger partial charge in [-0.3, -0.25) is 0 Å². The van der Waals surface area contributed by atoms with Crippen molar-refractivity contribution in [2.45, 2.75) is 45.6 Å². The Morgan fingerprint density at radius 3 is 2.63 bits per heavy atom. The molecule has 1 heterocycles. The average Bonchev–Trinajstić information content (AvgIpc) is 2.33. The summed E-state index contributed by atoms with van der Waals surface area (Å²) in [6, 6.07) is 9.38. The van der Waals surface area contributed by atoms with Crippen LogP contribution in [0.5, 0.6) is 0 Å². The molecule has 2 nitrogen and oxygen atoms in total. The molecule has 1 spiro atoms. The smallest absolute Gasteiger partial charge is 0.0415 e. The molecule has 2 aliphatic rings. The van der Waals surface area contributed by atoms with Crippen LogP contribution in [0.15, 0.2) is 24.3 Å². The number of rotatable bonds is 5. The summed E-state index contributed by atoms with van der Waals surface area (Å²) in [6.07, 6.45) is 5.55. The van der Waals surface area contributed by atoms with Crippen LogP contribution < -0.4 is 10.2 Å². The highest BCUT2D eigenvalue weighted by atomic mass is 15.2. The molecule has 0 aromatic heterocycles. The van der Waals surface area contributed by atoms with Gasteiger partial charge in [0.15, 0.2) is 0 Å². The van der Waals surface area contributed by atoms with Crippen LogP contribution in [0.4, 0.5) is 5.69 Å². The van der Waals surface area contributed by atoms with Gasteiger partial charge in [-0.15, -0.1) is 0 Å². The Bertz CT molecular complexity index is 429. The number of nitrogens with zero attached hydrogens (tertiary/aromatic N) is 1. The quantitative estimate of drug-likeness (QED) is 0.865.